The van der Waals surface area contributed by atoms with Crippen LogP contribution in [0.2, 0.25) is 0 Å². The van der Waals surface area contributed by atoms with E-state index in [0.29, 0.717) is 5.56 Å². The maximum Gasteiger partial charge on any atom is 0.194 e. The molecule has 1 aliphatic rings. The molecular weight excluding hydrogens is 240 g/mol. The van der Waals surface area contributed by atoms with Crippen molar-refractivity contribution in [2.75, 3.05) is 7.11 Å². The second-order valence-electron chi connectivity index (χ2n) is 4.48. The predicted octanol–water partition coefficient (Wildman–Crippen LogP) is 3.02. The topological polar surface area (TPSA) is 38.8 Å². The number of carbonyl (C=O) groups excluding carboxylic acids is 1. The van der Waals surface area contributed by atoms with Gasteiger partial charge in [-0.3, -0.25) is 4.79 Å². The largest absolute Gasteiger partial charge is 0.497 e. The molecule has 19 heavy (non-hydrogen) atoms. The monoisotopic (exact) mass is 254 g/mol. The molecule has 0 radical (unpaired) electrons. The molecule has 96 valence electrons. The molecule has 0 aromatic heterocycles. The van der Waals surface area contributed by atoms with Gasteiger partial charge < -0.3 is 9.47 Å². The highest BCUT2D eigenvalue weighted by atomic mass is 16.6. The van der Waals surface area contributed by atoms with Crippen molar-refractivity contribution in [3.63, 3.8) is 0 Å². The Morgan fingerprint density at radius 2 is 1.74 bits per heavy atom. The molecule has 0 N–H and O–H groups in total. The molecule has 1 aliphatic heterocycles. The van der Waals surface area contributed by atoms with Gasteiger partial charge in [0.2, 0.25) is 0 Å². The van der Waals surface area contributed by atoms with Crippen LogP contribution in [0, 0.1) is 0 Å². The molecule has 0 saturated carbocycles. The molecule has 0 aliphatic carbocycles. The number of ketones is 1. The Kier molecular flexibility index (Phi) is 3.05. The van der Waals surface area contributed by atoms with Crippen molar-refractivity contribution in [3.05, 3.63) is 65.7 Å². The van der Waals surface area contributed by atoms with Gasteiger partial charge in [-0.05, 0) is 17.7 Å². The lowest BCUT2D eigenvalue weighted by Crippen LogP contribution is -2.07. The van der Waals surface area contributed by atoms with E-state index in [0.717, 1.165) is 11.3 Å². The summed E-state index contributed by atoms with van der Waals surface area (Å²) in [6, 6.07) is 16.9. The van der Waals surface area contributed by atoms with Crippen LogP contribution >= 0.6 is 0 Å². The second kappa shape index (κ2) is 4.86. The number of hydrogen-bond donors (Lipinski definition) is 0. The first-order valence-electron chi connectivity index (χ1n) is 6.18. The Hall–Kier alpha value is -2.13. The molecule has 3 nitrogen and oxygen atoms in total. The summed E-state index contributed by atoms with van der Waals surface area (Å²) in [5.41, 5.74) is 1.71. The van der Waals surface area contributed by atoms with Crippen LogP contribution in [0.3, 0.4) is 0 Å². The highest BCUT2D eigenvalue weighted by Gasteiger charge is 2.46. The highest BCUT2D eigenvalue weighted by molar-refractivity contribution is 6.01. The van der Waals surface area contributed by atoms with Gasteiger partial charge in [0.05, 0.1) is 7.11 Å². The average molecular weight is 254 g/mol. The number of benzene rings is 2. The molecule has 2 aromatic carbocycles. The van der Waals surface area contributed by atoms with E-state index in [2.05, 4.69) is 0 Å². The van der Waals surface area contributed by atoms with Crippen molar-refractivity contribution in [2.24, 2.45) is 0 Å². The fraction of sp³-hybridized carbons (Fsp3) is 0.188. The average Bonchev–Trinajstić information content (AvgIpc) is 3.28. The van der Waals surface area contributed by atoms with Gasteiger partial charge in [-0.15, -0.1) is 0 Å². The summed E-state index contributed by atoms with van der Waals surface area (Å²) >= 11 is 0. The van der Waals surface area contributed by atoms with Gasteiger partial charge in [-0.25, -0.2) is 0 Å². The Labute approximate surface area is 111 Å². The molecule has 2 aromatic rings. The van der Waals surface area contributed by atoms with E-state index in [4.69, 9.17) is 9.47 Å². The Morgan fingerprint density at radius 1 is 1.05 bits per heavy atom. The molecule has 0 spiro atoms. The van der Waals surface area contributed by atoms with Crippen LogP contribution in [0.4, 0.5) is 0 Å². The maximum atomic E-state index is 12.2. The fourth-order valence-corrected chi connectivity index (χ4v) is 2.13. The third kappa shape index (κ3) is 2.37. The van der Waals surface area contributed by atoms with Gasteiger partial charge in [0.15, 0.2) is 11.9 Å². The lowest BCUT2D eigenvalue weighted by molar-refractivity contribution is 0.0953. The lowest BCUT2D eigenvalue weighted by Gasteiger charge is -2.00. The zero-order valence-electron chi connectivity index (χ0n) is 10.6. The lowest BCUT2D eigenvalue weighted by atomic mass is 10.0. The SMILES string of the molecule is COc1ccc([C@@H]2O[C@@H]2C(=O)c2ccccc2)cc1. The number of carbonyl (C=O) groups is 1. The molecule has 3 heteroatoms. The zero-order valence-corrected chi connectivity index (χ0v) is 10.6. The molecule has 3 rings (SSSR count). The Balaban J connectivity index is 1.72. The first kappa shape index (κ1) is 11.9. The van der Waals surface area contributed by atoms with Crippen molar-refractivity contribution >= 4 is 5.78 Å². The standard InChI is InChI=1S/C16H14O3/c1-18-13-9-7-12(8-10-13)15-16(19-15)14(17)11-5-3-2-4-6-11/h2-10,15-16H,1H3/t15-,16+/m0/s1. The number of hydrogen-bond acceptors (Lipinski definition) is 3. The van der Waals surface area contributed by atoms with E-state index < -0.39 is 0 Å². The normalized spacial score (nSPS) is 20.9. The van der Waals surface area contributed by atoms with Gasteiger partial charge in [0, 0.05) is 5.56 Å². The first-order valence-corrected chi connectivity index (χ1v) is 6.18. The quantitative estimate of drug-likeness (QED) is 0.622. The van der Waals surface area contributed by atoms with Gasteiger partial charge in [0.25, 0.3) is 0 Å². The van der Waals surface area contributed by atoms with Crippen LogP contribution in [0.25, 0.3) is 0 Å². The number of ether oxygens (including phenoxy) is 2. The van der Waals surface area contributed by atoms with Crippen molar-refractivity contribution in [3.8, 4) is 5.75 Å². The molecule has 0 amide bonds. The number of methoxy groups -OCH3 is 1. The predicted molar refractivity (Wildman–Crippen MR) is 71.4 cm³/mol. The molecule has 1 fully saturated rings. The van der Waals surface area contributed by atoms with Crippen LogP contribution in [-0.4, -0.2) is 19.0 Å². The van der Waals surface area contributed by atoms with Crippen LogP contribution < -0.4 is 4.74 Å². The van der Waals surface area contributed by atoms with E-state index in [1.165, 1.54) is 0 Å². The van der Waals surface area contributed by atoms with E-state index in [-0.39, 0.29) is 18.0 Å². The van der Waals surface area contributed by atoms with Gasteiger partial charge in [0.1, 0.15) is 11.9 Å². The molecule has 1 saturated heterocycles. The summed E-state index contributed by atoms with van der Waals surface area (Å²) in [7, 11) is 1.63. The smallest absolute Gasteiger partial charge is 0.194 e. The summed E-state index contributed by atoms with van der Waals surface area (Å²) in [5.74, 6) is 0.844. The number of epoxide rings is 1. The minimum atomic E-state index is -0.351. The summed E-state index contributed by atoms with van der Waals surface area (Å²) < 4.78 is 10.6. The van der Waals surface area contributed by atoms with E-state index in [9.17, 15) is 4.79 Å². The Morgan fingerprint density at radius 3 is 2.37 bits per heavy atom. The van der Waals surface area contributed by atoms with Crippen molar-refractivity contribution in [1.82, 2.24) is 0 Å². The van der Waals surface area contributed by atoms with Crippen LogP contribution in [0.5, 0.6) is 5.75 Å². The summed E-state index contributed by atoms with van der Waals surface area (Å²) in [5, 5.41) is 0. The third-order valence-electron chi connectivity index (χ3n) is 3.25. The number of rotatable bonds is 4. The first-order chi connectivity index (χ1) is 9.29. The zero-order chi connectivity index (χ0) is 13.2. The van der Waals surface area contributed by atoms with Gasteiger partial charge >= 0.3 is 0 Å². The molecule has 1 heterocycles. The van der Waals surface area contributed by atoms with E-state index in [1.54, 1.807) is 7.11 Å². The molecule has 0 bridgehead atoms. The highest BCUT2D eigenvalue weighted by Crippen LogP contribution is 2.40. The van der Waals surface area contributed by atoms with Crippen LogP contribution in [0.1, 0.15) is 22.0 Å². The minimum absolute atomic E-state index is 0.0430. The molecular formula is C16H14O3. The van der Waals surface area contributed by atoms with Crippen LogP contribution in [-0.2, 0) is 4.74 Å². The fourth-order valence-electron chi connectivity index (χ4n) is 2.13. The van der Waals surface area contributed by atoms with E-state index >= 15 is 0 Å². The van der Waals surface area contributed by atoms with Crippen LogP contribution in [0.15, 0.2) is 54.6 Å². The maximum absolute atomic E-state index is 12.2. The second-order valence-corrected chi connectivity index (χ2v) is 4.48. The Bertz CT molecular complexity index is 575. The van der Waals surface area contributed by atoms with Gasteiger partial charge in [-0.1, -0.05) is 42.5 Å². The summed E-state index contributed by atoms with van der Waals surface area (Å²) in [6.45, 7) is 0. The molecule has 2 atom stereocenters. The van der Waals surface area contributed by atoms with Crippen molar-refractivity contribution < 1.29 is 14.3 Å². The van der Waals surface area contributed by atoms with Crippen molar-refractivity contribution in [2.45, 2.75) is 12.2 Å². The summed E-state index contributed by atoms with van der Waals surface area (Å²) in [4.78, 5) is 12.2. The third-order valence-corrected chi connectivity index (χ3v) is 3.25. The minimum Gasteiger partial charge on any atom is -0.497 e. The number of Topliss-reactive ketones (excluding diaryl/α,β-unsaturated/α-hetero) is 1. The van der Waals surface area contributed by atoms with Gasteiger partial charge in [-0.2, -0.15) is 0 Å². The van der Waals surface area contributed by atoms with Crippen molar-refractivity contribution in [1.29, 1.82) is 0 Å². The van der Waals surface area contributed by atoms with E-state index in [1.807, 2.05) is 54.6 Å². The summed E-state index contributed by atoms with van der Waals surface area (Å²) in [6.07, 6.45) is -0.477. The molecule has 0 unspecified atom stereocenters.